The van der Waals surface area contributed by atoms with Gasteiger partial charge in [-0.25, -0.2) is 0 Å². The third kappa shape index (κ3) is 6.33. The van der Waals surface area contributed by atoms with Gasteiger partial charge in [0.2, 0.25) is 5.91 Å². The van der Waals surface area contributed by atoms with Gasteiger partial charge in [-0.3, -0.25) is 4.79 Å². The summed E-state index contributed by atoms with van der Waals surface area (Å²) in [4.78, 5) is 17.6. The van der Waals surface area contributed by atoms with E-state index in [2.05, 4.69) is 9.80 Å². The Kier molecular flexibility index (Phi) is 7.73. The van der Waals surface area contributed by atoms with Crippen LogP contribution in [0.5, 0.6) is 0 Å². The van der Waals surface area contributed by atoms with Crippen LogP contribution in [0.2, 0.25) is 0 Å². The molecule has 6 heteroatoms. The molecule has 2 saturated heterocycles. The van der Waals surface area contributed by atoms with E-state index in [0.29, 0.717) is 12.3 Å². The van der Waals surface area contributed by atoms with Gasteiger partial charge in [-0.05, 0) is 56.3 Å². The van der Waals surface area contributed by atoms with Crippen LogP contribution in [-0.2, 0) is 27.7 Å². The van der Waals surface area contributed by atoms with Gasteiger partial charge in [-0.1, -0.05) is 0 Å². The number of rotatable bonds is 9. The van der Waals surface area contributed by atoms with Gasteiger partial charge in [-0.15, -0.1) is 0 Å². The second-order valence-electron chi connectivity index (χ2n) is 8.07. The predicted octanol–water partition coefficient (Wildman–Crippen LogP) is 1.93. The zero-order chi connectivity index (χ0) is 19.1. The number of carbonyl (C=O) groups excluding carboxylic acids is 1. The summed E-state index contributed by atoms with van der Waals surface area (Å²) in [6.07, 6.45) is 9.24. The van der Waals surface area contributed by atoms with Gasteiger partial charge in [0.05, 0.1) is 19.1 Å². The van der Waals surface area contributed by atoms with Crippen LogP contribution in [0.15, 0.2) is 18.5 Å². The SMILES string of the molecule is COCCN1CCC(CN(C[C@@H]2CCCO2)C(=O)Cc2ccn(C)c2)CC1. The van der Waals surface area contributed by atoms with E-state index >= 15 is 0 Å². The monoisotopic (exact) mass is 377 g/mol. The molecule has 1 aromatic heterocycles. The van der Waals surface area contributed by atoms with Crippen molar-refractivity contribution in [3.05, 3.63) is 24.0 Å². The third-order valence-electron chi connectivity index (χ3n) is 5.85. The van der Waals surface area contributed by atoms with Crippen molar-refractivity contribution in [2.75, 3.05) is 53.0 Å². The fourth-order valence-electron chi connectivity index (χ4n) is 4.19. The maximum atomic E-state index is 13.0. The highest BCUT2D eigenvalue weighted by molar-refractivity contribution is 5.78. The molecular weight excluding hydrogens is 342 g/mol. The van der Waals surface area contributed by atoms with Crippen molar-refractivity contribution in [1.29, 1.82) is 0 Å². The highest BCUT2D eigenvalue weighted by Gasteiger charge is 2.27. The predicted molar refractivity (Wildman–Crippen MR) is 106 cm³/mol. The maximum Gasteiger partial charge on any atom is 0.227 e. The van der Waals surface area contributed by atoms with Crippen molar-refractivity contribution in [2.24, 2.45) is 13.0 Å². The largest absolute Gasteiger partial charge is 0.383 e. The van der Waals surface area contributed by atoms with E-state index in [1.54, 1.807) is 7.11 Å². The number of carbonyl (C=O) groups is 1. The fraction of sp³-hybridized carbons (Fsp3) is 0.762. The van der Waals surface area contributed by atoms with Crippen LogP contribution in [0.3, 0.4) is 0 Å². The van der Waals surface area contributed by atoms with Crippen molar-refractivity contribution >= 4 is 5.91 Å². The number of aryl methyl sites for hydroxylation is 1. The number of hydrogen-bond acceptors (Lipinski definition) is 4. The Morgan fingerprint density at radius 1 is 1.30 bits per heavy atom. The van der Waals surface area contributed by atoms with E-state index in [4.69, 9.17) is 9.47 Å². The number of likely N-dealkylation sites (tertiary alicyclic amines) is 1. The molecule has 1 atom stereocenters. The second-order valence-corrected chi connectivity index (χ2v) is 8.07. The van der Waals surface area contributed by atoms with Gasteiger partial charge in [0.15, 0.2) is 0 Å². The van der Waals surface area contributed by atoms with Gasteiger partial charge >= 0.3 is 0 Å². The molecule has 0 N–H and O–H groups in total. The van der Waals surface area contributed by atoms with Gasteiger partial charge in [0, 0.05) is 52.8 Å². The molecule has 27 heavy (non-hydrogen) atoms. The van der Waals surface area contributed by atoms with E-state index in [9.17, 15) is 4.79 Å². The molecular formula is C21H35N3O3. The molecule has 3 heterocycles. The highest BCUT2D eigenvalue weighted by atomic mass is 16.5. The number of piperidine rings is 1. The Labute approximate surface area is 163 Å². The number of methoxy groups -OCH3 is 1. The smallest absolute Gasteiger partial charge is 0.227 e. The van der Waals surface area contributed by atoms with Crippen LogP contribution in [0.25, 0.3) is 0 Å². The fourth-order valence-corrected chi connectivity index (χ4v) is 4.19. The summed E-state index contributed by atoms with van der Waals surface area (Å²) in [5.41, 5.74) is 1.09. The van der Waals surface area contributed by atoms with E-state index in [0.717, 1.165) is 77.2 Å². The summed E-state index contributed by atoms with van der Waals surface area (Å²) >= 11 is 0. The molecule has 2 aliphatic rings. The molecule has 0 radical (unpaired) electrons. The Balaban J connectivity index is 1.54. The molecule has 1 amide bonds. The molecule has 0 bridgehead atoms. The lowest BCUT2D eigenvalue weighted by Gasteiger charge is -2.35. The standard InChI is InChI=1S/C21H35N3O3/c1-22-8-5-19(15-22)14-21(25)24(17-20-4-3-12-27-20)16-18-6-9-23(10-7-18)11-13-26-2/h5,8,15,18,20H,3-4,6-7,9-14,16-17H2,1-2H3/t20-/m0/s1. The van der Waals surface area contributed by atoms with Crippen LogP contribution in [-0.4, -0.2) is 79.4 Å². The van der Waals surface area contributed by atoms with Gasteiger partial charge < -0.3 is 23.8 Å². The van der Waals surface area contributed by atoms with Gasteiger partial charge in [-0.2, -0.15) is 0 Å². The Hall–Kier alpha value is -1.37. The molecule has 1 aromatic rings. The lowest BCUT2D eigenvalue weighted by Crippen LogP contribution is -2.44. The second kappa shape index (κ2) is 10.2. The minimum Gasteiger partial charge on any atom is -0.383 e. The van der Waals surface area contributed by atoms with Crippen LogP contribution in [0.1, 0.15) is 31.2 Å². The summed E-state index contributed by atoms with van der Waals surface area (Å²) < 4.78 is 13.0. The Morgan fingerprint density at radius 2 is 2.11 bits per heavy atom. The quantitative estimate of drug-likeness (QED) is 0.660. The van der Waals surface area contributed by atoms with E-state index in [1.807, 2.05) is 30.1 Å². The summed E-state index contributed by atoms with van der Waals surface area (Å²) in [5.74, 6) is 0.823. The lowest BCUT2D eigenvalue weighted by molar-refractivity contribution is -0.133. The average Bonchev–Trinajstić information content (AvgIpc) is 3.32. The molecule has 2 fully saturated rings. The van der Waals surface area contributed by atoms with E-state index < -0.39 is 0 Å². The first-order chi connectivity index (χ1) is 13.1. The first-order valence-electron chi connectivity index (χ1n) is 10.4. The maximum absolute atomic E-state index is 13.0. The summed E-state index contributed by atoms with van der Waals surface area (Å²) in [7, 11) is 3.75. The van der Waals surface area contributed by atoms with E-state index in [1.165, 1.54) is 0 Å². The molecule has 6 nitrogen and oxygen atoms in total. The van der Waals surface area contributed by atoms with Crippen LogP contribution in [0, 0.1) is 5.92 Å². The van der Waals surface area contributed by atoms with Crippen LogP contribution >= 0.6 is 0 Å². The molecule has 0 saturated carbocycles. The first-order valence-corrected chi connectivity index (χ1v) is 10.4. The topological polar surface area (TPSA) is 46.9 Å². The third-order valence-corrected chi connectivity index (χ3v) is 5.85. The summed E-state index contributed by atoms with van der Waals surface area (Å²) in [6.45, 7) is 6.47. The van der Waals surface area contributed by atoms with Gasteiger partial charge in [0.25, 0.3) is 0 Å². The molecule has 3 rings (SSSR count). The molecule has 0 unspecified atom stereocenters. The van der Waals surface area contributed by atoms with Crippen LogP contribution in [0.4, 0.5) is 0 Å². The van der Waals surface area contributed by atoms with Crippen molar-refractivity contribution in [2.45, 2.75) is 38.2 Å². The Morgan fingerprint density at radius 3 is 2.74 bits per heavy atom. The number of nitrogens with zero attached hydrogens (tertiary/aromatic N) is 3. The number of hydrogen-bond donors (Lipinski definition) is 0. The Bertz CT molecular complexity index is 575. The normalized spacial score (nSPS) is 21.6. The van der Waals surface area contributed by atoms with Crippen molar-refractivity contribution in [1.82, 2.24) is 14.4 Å². The minimum absolute atomic E-state index is 0.214. The molecule has 0 aromatic carbocycles. The molecule has 152 valence electrons. The number of amides is 1. The first kappa shape index (κ1) is 20.4. The van der Waals surface area contributed by atoms with Gasteiger partial charge in [0.1, 0.15) is 0 Å². The summed E-state index contributed by atoms with van der Waals surface area (Å²) in [6, 6.07) is 2.04. The zero-order valence-electron chi connectivity index (χ0n) is 16.9. The highest BCUT2D eigenvalue weighted by Crippen LogP contribution is 2.21. The van der Waals surface area contributed by atoms with Crippen molar-refractivity contribution in [3.63, 3.8) is 0 Å². The molecule has 0 aliphatic carbocycles. The molecule has 0 spiro atoms. The summed E-state index contributed by atoms with van der Waals surface area (Å²) in [5, 5.41) is 0. The zero-order valence-corrected chi connectivity index (χ0v) is 16.9. The molecule has 2 aliphatic heterocycles. The number of aromatic nitrogens is 1. The minimum atomic E-state index is 0.214. The lowest BCUT2D eigenvalue weighted by atomic mass is 9.95. The van der Waals surface area contributed by atoms with Crippen molar-refractivity contribution in [3.8, 4) is 0 Å². The van der Waals surface area contributed by atoms with E-state index in [-0.39, 0.29) is 12.0 Å². The van der Waals surface area contributed by atoms with Crippen LogP contribution < -0.4 is 0 Å². The average molecular weight is 378 g/mol. The van der Waals surface area contributed by atoms with Crippen molar-refractivity contribution < 1.29 is 14.3 Å². The number of ether oxygens (including phenoxy) is 2.